The summed E-state index contributed by atoms with van der Waals surface area (Å²) in [4.78, 5) is 0. The monoisotopic (exact) mass is 622 g/mol. The molecule has 0 saturated carbocycles. The van der Waals surface area contributed by atoms with Crippen LogP contribution in [0.15, 0.2) is 186 Å². The number of fused-ring (bicyclic) bond motifs is 6. The first-order chi connectivity index (χ1) is 24.3. The van der Waals surface area contributed by atoms with Crippen molar-refractivity contribution in [1.82, 2.24) is 0 Å². The van der Waals surface area contributed by atoms with Gasteiger partial charge < -0.3 is 4.42 Å². The molecule has 1 heterocycles. The first kappa shape index (κ1) is 27.7. The quantitative estimate of drug-likeness (QED) is 0.178. The summed E-state index contributed by atoms with van der Waals surface area (Å²) >= 11 is 0. The van der Waals surface area contributed by atoms with E-state index in [-0.39, 0.29) is 0 Å². The molecule has 10 rings (SSSR count). The van der Waals surface area contributed by atoms with Crippen LogP contribution >= 0.6 is 0 Å². The fraction of sp³-hybridized carbons (Fsp3) is 0. The maximum absolute atomic E-state index is 6.20. The van der Waals surface area contributed by atoms with E-state index in [4.69, 9.17) is 4.42 Å². The molecule has 0 radical (unpaired) electrons. The molecule has 10 aromatic rings. The lowest BCUT2D eigenvalue weighted by molar-refractivity contribution is 0.669. The number of furan rings is 1. The van der Waals surface area contributed by atoms with Crippen molar-refractivity contribution >= 4 is 54.3 Å². The number of para-hydroxylation sites is 1. The van der Waals surface area contributed by atoms with Crippen LogP contribution in [0.25, 0.3) is 98.8 Å². The van der Waals surface area contributed by atoms with Crippen LogP contribution in [0.4, 0.5) is 0 Å². The highest BCUT2D eigenvalue weighted by Gasteiger charge is 2.20. The SMILES string of the molecule is c1ccc(-c2ccccc2-c2c3ccccc3c(-c3cc(-c4ccc5oc6ccccc6c5c4)c4ccccc4c3)c3ccccc23)cc1. The van der Waals surface area contributed by atoms with Crippen LogP contribution in [0.2, 0.25) is 0 Å². The summed E-state index contributed by atoms with van der Waals surface area (Å²) in [5.74, 6) is 0. The van der Waals surface area contributed by atoms with Gasteiger partial charge in [0.1, 0.15) is 11.2 Å². The second-order valence-corrected chi connectivity index (χ2v) is 12.8. The zero-order chi connectivity index (χ0) is 32.3. The van der Waals surface area contributed by atoms with E-state index >= 15 is 0 Å². The van der Waals surface area contributed by atoms with E-state index in [0.717, 1.165) is 21.9 Å². The van der Waals surface area contributed by atoms with E-state index in [2.05, 4.69) is 170 Å². The Morgan fingerprint density at radius 3 is 1.55 bits per heavy atom. The highest BCUT2D eigenvalue weighted by molar-refractivity contribution is 6.23. The lowest BCUT2D eigenvalue weighted by Crippen LogP contribution is -1.93. The molecule has 1 nitrogen and oxygen atoms in total. The van der Waals surface area contributed by atoms with E-state index in [1.165, 1.54) is 76.8 Å². The van der Waals surface area contributed by atoms with Gasteiger partial charge in [-0.3, -0.25) is 0 Å². The molecular formula is C48H30O. The van der Waals surface area contributed by atoms with Gasteiger partial charge in [0, 0.05) is 10.8 Å². The minimum absolute atomic E-state index is 0.911. The molecule has 49 heavy (non-hydrogen) atoms. The zero-order valence-electron chi connectivity index (χ0n) is 26.7. The Balaban J connectivity index is 1.28. The first-order valence-electron chi connectivity index (χ1n) is 16.8. The summed E-state index contributed by atoms with van der Waals surface area (Å²) in [6.45, 7) is 0. The largest absolute Gasteiger partial charge is 0.456 e. The maximum atomic E-state index is 6.20. The third kappa shape index (κ3) is 4.40. The molecule has 0 bridgehead atoms. The van der Waals surface area contributed by atoms with Crippen molar-refractivity contribution in [3.8, 4) is 44.5 Å². The van der Waals surface area contributed by atoms with E-state index in [9.17, 15) is 0 Å². The molecule has 9 aromatic carbocycles. The van der Waals surface area contributed by atoms with Gasteiger partial charge in [-0.1, -0.05) is 152 Å². The fourth-order valence-electron chi connectivity index (χ4n) is 7.89. The molecule has 1 aromatic heterocycles. The second-order valence-electron chi connectivity index (χ2n) is 12.8. The second kappa shape index (κ2) is 11.1. The van der Waals surface area contributed by atoms with Gasteiger partial charge in [0.25, 0.3) is 0 Å². The normalized spacial score (nSPS) is 11.7. The fourth-order valence-corrected chi connectivity index (χ4v) is 7.89. The number of rotatable bonds is 4. The number of benzene rings is 9. The standard InChI is InChI=1S/C48H30O/c1-2-14-31(15-3-1)35-17-6-7-20-38(35)48-41-23-10-8-21-39(41)47(40-22-9-11-24-42(40)48)34-28-32-16-4-5-18-36(32)43(30-34)33-26-27-46-44(29-33)37-19-12-13-25-45(37)49-46/h1-30H. The highest BCUT2D eigenvalue weighted by Crippen LogP contribution is 2.47. The summed E-state index contributed by atoms with van der Waals surface area (Å²) in [5, 5.41) is 9.73. The molecule has 0 aliphatic rings. The minimum atomic E-state index is 0.911. The molecular weight excluding hydrogens is 593 g/mol. The summed E-state index contributed by atoms with van der Waals surface area (Å²) in [6.07, 6.45) is 0. The molecule has 0 spiro atoms. The maximum Gasteiger partial charge on any atom is 0.135 e. The van der Waals surface area contributed by atoms with Crippen LogP contribution in [0, 0.1) is 0 Å². The molecule has 228 valence electrons. The van der Waals surface area contributed by atoms with E-state index in [0.29, 0.717) is 0 Å². The molecule has 0 aliphatic heterocycles. The third-order valence-corrected chi connectivity index (χ3v) is 10.1. The van der Waals surface area contributed by atoms with Gasteiger partial charge in [0.2, 0.25) is 0 Å². The third-order valence-electron chi connectivity index (χ3n) is 10.1. The van der Waals surface area contributed by atoms with Crippen molar-refractivity contribution in [2.75, 3.05) is 0 Å². The van der Waals surface area contributed by atoms with Crippen LogP contribution in [0.1, 0.15) is 0 Å². The molecule has 0 N–H and O–H groups in total. The Hall–Kier alpha value is -6.44. The van der Waals surface area contributed by atoms with Crippen LogP contribution < -0.4 is 0 Å². The van der Waals surface area contributed by atoms with Crippen molar-refractivity contribution in [1.29, 1.82) is 0 Å². The van der Waals surface area contributed by atoms with Gasteiger partial charge in [-0.2, -0.15) is 0 Å². The Bertz CT molecular complexity index is 2820. The summed E-state index contributed by atoms with van der Waals surface area (Å²) in [7, 11) is 0. The van der Waals surface area contributed by atoms with Crippen molar-refractivity contribution < 1.29 is 4.42 Å². The Labute approximate surface area is 284 Å². The molecule has 0 amide bonds. The van der Waals surface area contributed by atoms with Crippen LogP contribution in [0.5, 0.6) is 0 Å². The van der Waals surface area contributed by atoms with Crippen LogP contribution in [-0.4, -0.2) is 0 Å². The smallest absolute Gasteiger partial charge is 0.135 e. The number of hydrogen-bond donors (Lipinski definition) is 0. The minimum Gasteiger partial charge on any atom is -0.456 e. The van der Waals surface area contributed by atoms with Gasteiger partial charge in [0.05, 0.1) is 0 Å². The van der Waals surface area contributed by atoms with E-state index in [1.54, 1.807) is 0 Å². The van der Waals surface area contributed by atoms with E-state index < -0.39 is 0 Å². The van der Waals surface area contributed by atoms with Crippen molar-refractivity contribution in [3.05, 3.63) is 182 Å². The van der Waals surface area contributed by atoms with Crippen molar-refractivity contribution in [2.24, 2.45) is 0 Å². The molecule has 0 unspecified atom stereocenters. The average Bonchev–Trinajstić information content (AvgIpc) is 3.55. The summed E-state index contributed by atoms with van der Waals surface area (Å²) in [6, 6.07) is 65.9. The molecule has 0 fully saturated rings. The summed E-state index contributed by atoms with van der Waals surface area (Å²) in [5.41, 5.74) is 11.7. The lowest BCUT2D eigenvalue weighted by Gasteiger charge is -2.20. The zero-order valence-corrected chi connectivity index (χ0v) is 26.7. The van der Waals surface area contributed by atoms with Crippen molar-refractivity contribution in [2.45, 2.75) is 0 Å². The molecule has 0 atom stereocenters. The Morgan fingerprint density at radius 1 is 0.265 bits per heavy atom. The predicted octanol–water partition coefficient (Wildman–Crippen LogP) is 13.7. The van der Waals surface area contributed by atoms with Gasteiger partial charge in [0.15, 0.2) is 0 Å². The Kier molecular flexibility index (Phi) is 6.25. The van der Waals surface area contributed by atoms with Gasteiger partial charge in [-0.15, -0.1) is 0 Å². The summed E-state index contributed by atoms with van der Waals surface area (Å²) < 4.78 is 6.20. The molecule has 0 saturated heterocycles. The van der Waals surface area contributed by atoms with Crippen LogP contribution in [0.3, 0.4) is 0 Å². The van der Waals surface area contributed by atoms with Gasteiger partial charge in [-0.05, 0) is 107 Å². The van der Waals surface area contributed by atoms with Crippen molar-refractivity contribution in [3.63, 3.8) is 0 Å². The van der Waals surface area contributed by atoms with Crippen LogP contribution in [-0.2, 0) is 0 Å². The molecule has 1 heteroatoms. The topological polar surface area (TPSA) is 13.1 Å². The molecule has 0 aliphatic carbocycles. The Morgan fingerprint density at radius 2 is 0.816 bits per heavy atom. The van der Waals surface area contributed by atoms with Gasteiger partial charge >= 0.3 is 0 Å². The number of hydrogen-bond acceptors (Lipinski definition) is 1. The predicted molar refractivity (Wildman–Crippen MR) is 208 cm³/mol. The highest BCUT2D eigenvalue weighted by atomic mass is 16.3. The van der Waals surface area contributed by atoms with Gasteiger partial charge in [-0.25, -0.2) is 0 Å². The van der Waals surface area contributed by atoms with E-state index in [1.807, 2.05) is 12.1 Å². The average molecular weight is 623 g/mol. The lowest BCUT2D eigenvalue weighted by atomic mass is 9.83. The first-order valence-corrected chi connectivity index (χ1v) is 16.8.